The number of benzene rings is 1. The Balaban J connectivity index is 1.95. The van der Waals surface area contributed by atoms with E-state index in [4.69, 9.17) is 4.74 Å². The van der Waals surface area contributed by atoms with Crippen molar-refractivity contribution in [1.29, 1.82) is 0 Å². The highest BCUT2D eigenvalue weighted by atomic mass is 16.5. The van der Waals surface area contributed by atoms with Crippen molar-refractivity contribution in [1.82, 2.24) is 5.32 Å². The number of aromatic hydroxyl groups is 2. The minimum absolute atomic E-state index is 0.127. The molecule has 2 unspecified atom stereocenters. The van der Waals surface area contributed by atoms with Gasteiger partial charge in [-0.3, -0.25) is 4.79 Å². The van der Waals surface area contributed by atoms with Crippen LogP contribution in [0.15, 0.2) is 18.2 Å². The summed E-state index contributed by atoms with van der Waals surface area (Å²) in [6, 6.07) is 3.83. The summed E-state index contributed by atoms with van der Waals surface area (Å²) in [5.41, 5.74) is 0.249. The molecule has 1 aromatic carbocycles. The fourth-order valence-electron chi connectivity index (χ4n) is 2.10. The molecule has 1 heterocycles. The predicted octanol–water partition coefficient (Wildman–Crippen LogP) is 1.25. The second-order valence-corrected chi connectivity index (χ2v) is 4.57. The van der Waals surface area contributed by atoms with E-state index >= 15 is 0 Å². The van der Waals surface area contributed by atoms with Crippen LogP contribution in [0.4, 0.5) is 0 Å². The smallest absolute Gasteiger partial charge is 0.251 e. The maximum Gasteiger partial charge on any atom is 0.251 e. The Kier molecular flexibility index (Phi) is 3.72. The van der Waals surface area contributed by atoms with Crippen molar-refractivity contribution < 1.29 is 19.7 Å². The molecule has 3 N–H and O–H groups in total. The molecule has 1 fully saturated rings. The summed E-state index contributed by atoms with van der Waals surface area (Å²) in [6.45, 7) is 3.26. The van der Waals surface area contributed by atoms with Crippen molar-refractivity contribution in [2.24, 2.45) is 5.92 Å². The first-order valence-corrected chi connectivity index (χ1v) is 5.99. The van der Waals surface area contributed by atoms with E-state index in [1.54, 1.807) is 0 Å². The zero-order valence-corrected chi connectivity index (χ0v) is 10.2. The van der Waals surface area contributed by atoms with Crippen molar-refractivity contribution in [2.75, 3.05) is 13.2 Å². The number of carbonyl (C=O) groups excluding carboxylic acids is 1. The van der Waals surface area contributed by atoms with Crippen LogP contribution in [-0.4, -0.2) is 35.4 Å². The summed E-state index contributed by atoms with van der Waals surface area (Å²) in [7, 11) is 0. The molecule has 2 rings (SSSR count). The molecule has 0 radical (unpaired) electrons. The molecular weight excluding hydrogens is 234 g/mol. The van der Waals surface area contributed by atoms with Gasteiger partial charge < -0.3 is 20.3 Å². The Morgan fingerprint density at radius 2 is 2.06 bits per heavy atom. The van der Waals surface area contributed by atoms with E-state index in [0.717, 1.165) is 13.0 Å². The van der Waals surface area contributed by atoms with Crippen LogP contribution in [0.25, 0.3) is 0 Å². The van der Waals surface area contributed by atoms with E-state index in [1.165, 1.54) is 18.2 Å². The van der Waals surface area contributed by atoms with Crippen LogP contribution >= 0.6 is 0 Å². The number of phenols is 2. The molecule has 1 saturated heterocycles. The lowest BCUT2D eigenvalue weighted by molar-refractivity contribution is 0.0906. The van der Waals surface area contributed by atoms with Crippen LogP contribution in [0.1, 0.15) is 23.7 Å². The van der Waals surface area contributed by atoms with Crippen LogP contribution in [0.2, 0.25) is 0 Å². The Hall–Kier alpha value is -1.75. The standard InChI is InChI=1S/C13H17NO4/c1-8-9(2-3-18-8)7-14-13(17)10-4-11(15)6-12(16)5-10/h4-6,8-9,15-16H,2-3,7H2,1H3,(H,14,17). The van der Waals surface area contributed by atoms with E-state index in [1.807, 2.05) is 6.92 Å². The van der Waals surface area contributed by atoms with Gasteiger partial charge in [0.1, 0.15) is 11.5 Å². The first-order valence-electron chi connectivity index (χ1n) is 5.99. The van der Waals surface area contributed by atoms with Gasteiger partial charge in [-0.1, -0.05) is 0 Å². The topological polar surface area (TPSA) is 78.8 Å². The number of rotatable bonds is 3. The lowest BCUT2D eigenvalue weighted by Gasteiger charge is -2.14. The fourth-order valence-corrected chi connectivity index (χ4v) is 2.10. The molecule has 5 nitrogen and oxygen atoms in total. The second kappa shape index (κ2) is 5.27. The molecule has 1 amide bonds. The van der Waals surface area contributed by atoms with Gasteiger partial charge >= 0.3 is 0 Å². The normalized spacial score (nSPS) is 22.9. The van der Waals surface area contributed by atoms with Gasteiger partial charge in [0.05, 0.1) is 6.10 Å². The number of ether oxygens (including phenoxy) is 1. The summed E-state index contributed by atoms with van der Waals surface area (Å²) < 4.78 is 5.41. The highest BCUT2D eigenvalue weighted by Crippen LogP contribution is 2.21. The average Bonchev–Trinajstić information content (AvgIpc) is 2.70. The molecule has 2 atom stereocenters. The van der Waals surface area contributed by atoms with Gasteiger partial charge in [0, 0.05) is 30.7 Å². The highest BCUT2D eigenvalue weighted by molar-refractivity contribution is 5.95. The van der Waals surface area contributed by atoms with Crippen LogP contribution < -0.4 is 5.32 Å². The van der Waals surface area contributed by atoms with Crippen molar-refractivity contribution in [2.45, 2.75) is 19.4 Å². The van der Waals surface area contributed by atoms with E-state index in [-0.39, 0.29) is 29.1 Å². The Bertz CT molecular complexity index is 426. The first kappa shape index (κ1) is 12.7. The van der Waals surface area contributed by atoms with Gasteiger partial charge in [-0.25, -0.2) is 0 Å². The zero-order valence-electron chi connectivity index (χ0n) is 10.2. The molecule has 0 aliphatic carbocycles. The number of carbonyl (C=O) groups is 1. The molecule has 1 aromatic rings. The number of hydrogen-bond acceptors (Lipinski definition) is 4. The van der Waals surface area contributed by atoms with Gasteiger partial charge in [-0.2, -0.15) is 0 Å². The summed E-state index contributed by atoms with van der Waals surface area (Å²) in [5, 5.41) is 21.4. The van der Waals surface area contributed by atoms with E-state index in [9.17, 15) is 15.0 Å². The molecule has 1 aliphatic rings. The third-order valence-corrected chi connectivity index (χ3v) is 3.22. The van der Waals surface area contributed by atoms with E-state index in [2.05, 4.69) is 5.32 Å². The third-order valence-electron chi connectivity index (χ3n) is 3.22. The Labute approximate surface area is 105 Å². The molecule has 0 saturated carbocycles. The number of amides is 1. The fraction of sp³-hybridized carbons (Fsp3) is 0.462. The summed E-state index contributed by atoms with van der Waals surface area (Å²) >= 11 is 0. The Morgan fingerprint density at radius 1 is 1.39 bits per heavy atom. The minimum Gasteiger partial charge on any atom is -0.508 e. The summed E-state index contributed by atoms with van der Waals surface area (Å²) in [4.78, 5) is 11.8. The first-order chi connectivity index (χ1) is 8.56. The second-order valence-electron chi connectivity index (χ2n) is 4.57. The zero-order chi connectivity index (χ0) is 13.1. The number of nitrogens with one attached hydrogen (secondary N) is 1. The molecule has 18 heavy (non-hydrogen) atoms. The molecule has 5 heteroatoms. The van der Waals surface area contributed by atoms with Gasteiger partial charge in [0.2, 0.25) is 0 Å². The number of phenolic OH excluding ortho intramolecular Hbond substituents is 2. The predicted molar refractivity (Wildman–Crippen MR) is 65.6 cm³/mol. The quantitative estimate of drug-likeness (QED) is 0.755. The lowest BCUT2D eigenvalue weighted by Crippen LogP contribution is -2.31. The molecular formula is C13H17NO4. The molecule has 98 valence electrons. The minimum atomic E-state index is -0.305. The van der Waals surface area contributed by atoms with Crippen molar-refractivity contribution in [3.05, 3.63) is 23.8 Å². The maximum atomic E-state index is 11.8. The van der Waals surface area contributed by atoms with Gasteiger partial charge in [0.25, 0.3) is 5.91 Å². The van der Waals surface area contributed by atoms with Crippen LogP contribution in [0, 0.1) is 5.92 Å². The molecule has 0 aromatic heterocycles. The van der Waals surface area contributed by atoms with E-state index in [0.29, 0.717) is 12.5 Å². The highest BCUT2D eigenvalue weighted by Gasteiger charge is 2.24. The van der Waals surface area contributed by atoms with Crippen LogP contribution in [0.3, 0.4) is 0 Å². The largest absolute Gasteiger partial charge is 0.508 e. The Morgan fingerprint density at radius 3 is 2.61 bits per heavy atom. The lowest BCUT2D eigenvalue weighted by atomic mass is 10.0. The molecule has 1 aliphatic heterocycles. The van der Waals surface area contributed by atoms with Crippen molar-refractivity contribution >= 4 is 5.91 Å². The molecule has 0 bridgehead atoms. The van der Waals surface area contributed by atoms with Crippen molar-refractivity contribution in [3.63, 3.8) is 0 Å². The van der Waals surface area contributed by atoms with Crippen molar-refractivity contribution in [3.8, 4) is 11.5 Å². The van der Waals surface area contributed by atoms with Crippen LogP contribution in [0.5, 0.6) is 11.5 Å². The van der Waals surface area contributed by atoms with Gasteiger partial charge in [-0.15, -0.1) is 0 Å². The number of hydrogen-bond donors (Lipinski definition) is 3. The van der Waals surface area contributed by atoms with Gasteiger partial charge in [-0.05, 0) is 25.5 Å². The summed E-state index contributed by atoms with van der Waals surface area (Å²) in [5.74, 6) is -0.240. The van der Waals surface area contributed by atoms with Crippen LogP contribution in [-0.2, 0) is 4.74 Å². The van der Waals surface area contributed by atoms with Gasteiger partial charge in [0.15, 0.2) is 0 Å². The van der Waals surface area contributed by atoms with E-state index < -0.39 is 0 Å². The maximum absolute atomic E-state index is 11.8. The average molecular weight is 251 g/mol. The third kappa shape index (κ3) is 2.92. The SMILES string of the molecule is CC1OCCC1CNC(=O)c1cc(O)cc(O)c1. The molecule has 0 spiro atoms. The summed E-state index contributed by atoms with van der Waals surface area (Å²) in [6.07, 6.45) is 1.09. The monoisotopic (exact) mass is 251 g/mol.